The first kappa shape index (κ1) is 11.3. The summed E-state index contributed by atoms with van der Waals surface area (Å²) < 4.78 is 5.49. The van der Waals surface area contributed by atoms with Gasteiger partial charge in [-0.05, 0) is 24.6 Å². The van der Waals surface area contributed by atoms with Crippen molar-refractivity contribution < 1.29 is 4.74 Å². The van der Waals surface area contributed by atoms with Gasteiger partial charge in [0.1, 0.15) is 12.4 Å². The second kappa shape index (κ2) is 5.89. The number of hydrogen-bond donors (Lipinski definition) is 1. The summed E-state index contributed by atoms with van der Waals surface area (Å²) in [6.45, 7) is 2.66. The number of nitrogens with two attached hydrogens (primary N) is 1. The first-order valence-electron chi connectivity index (χ1n) is 4.86. The molecule has 0 aromatic heterocycles. The number of hydrogen-bond acceptors (Lipinski definition) is 2. The van der Waals surface area contributed by atoms with E-state index >= 15 is 0 Å². The Morgan fingerprint density at radius 3 is 2.93 bits per heavy atom. The van der Waals surface area contributed by atoms with E-state index in [1.165, 1.54) is 0 Å². The standard InChI is InChI=1S/C11H16ClNO/c1-2-4-10(13)8-14-11-6-3-5-9(12)7-11/h3,5-7,10H,2,4,8,13H2,1H3. The van der Waals surface area contributed by atoms with Gasteiger partial charge in [-0.3, -0.25) is 0 Å². The average molecular weight is 214 g/mol. The molecule has 0 aliphatic carbocycles. The van der Waals surface area contributed by atoms with Crippen LogP contribution in [0.2, 0.25) is 5.02 Å². The Balaban J connectivity index is 2.37. The number of benzene rings is 1. The van der Waals surface area contributed by atoms with Gasteiger partial charge in [0.15, 0.2) is 0 Å². The molecule has 78 valence electrons. The van der Waals surface area contributed by atoms with Gasteiger partial charge >= 0.3 is 0 Å². The van der Waals surface area contributed by atoms with E-state index in [1.54, 1.807) is 6.07 Å². The zero-order chi connectivity index (χ0) is 10.4. The lowest BCUT2D eigenvalue weighted by atomic mass is 10.2. The van der Waals surface area contributed by atoms with Crippen LogP contribution in [0.1, 0.15) is 19.8 Å². The molecule has 0 amide bonds. The fraction of sp³-hybridized carbons (Fsp3) is 0.455. The van der Waals surface area contributed by atoms with Crippen molar-refractivity contribution in [3.05, 3.63) is 29.3 Å². The fourth-order valence-corrected chi connectivity index (χ4v) is 1.39. The van der Waals surface area contributed by atoms with Crippen LogP contribution in [0.25, 0.3) is 0 Å². The maximum absolute atomic E-state index is 5.81. The van der Waals surface area contributed by atoms with Gasteiger partial charge in [-0.2, -0.15) is 0 Å². The molecule has 0 aliphatic rings. The Morgan fingerprint density at radius 2 is 2.29 bits per heavy atom. The number of ether oxygens (including phenoxy) is 1. The quantitative estimate of drug-likeness (QED) is 0.817. The van der Waals surface area contributed by atoms with E-state index in [9.17, 15) is 0 Å². The molecule has 1 rings (SSSR count). The molecule has 0 fully saturated rings. The maximum Gasteiger partial charge on any atom is 0.120 e. The van der Waals surface area contributed by atoms with Crippen molar-refractivity contribution in [1.29, 1.82) is 0 Å². The highest BCUT2D eigenvalue weighted by atomic mass is 35.5. The van der Waals surface area contributed by atoms with Crippen molar-refractivity contribution in [1.82, 2.24) is 0 Å². The lowest BCUT2D eigenvalue weighted by Gasteiger charge is -2.12. The van der Waals surface area contributed by atoms with Crippen LogP contribution in [0.4, 0.5) is 0 Å². The minimum Gasteiger partial charge on any atom is -0.492 e. The highest BCUT2D eigenvalue weighted by Crippen LogP contribution is 2.17. The van der Waals surface area contributed by atoms with Gasteiger partial charge in [0.05, 0.1) is 0 Å². The van der Waals surface area contributed by atoms with E-state index < -0.39 is 0 Å². The molecule has 1 atom stereocenters. The summed E-state index contributed by atoms with van der Waals surface area (Å²) in [6, 6.07) is 7.47. The van der Waals surface area contributed by atoms with E-state index in [4.69, 9.17) is 22.1 Å². The van der Waals surface area contributed by atoms with E-state index in [0.29, 0.717) is 11.6 Å². The molecule has 14 heavy (non-hydrogen) atoms. The van der Waals surface area contributed by atoms with Crippen molar-refractivity contribution >= 4 is 11.6 Å². The molecule has 0 bridgehead atoms. The van der Waals surface area contributed by atoms with Crippen molar-refractivity contribution in [2.24, 2.45) is 5.73 Å². The van der Waals surface area contributed by atoms with Gasteiger partial charge in [-0.25, -0.2) is 0 Å². The zero-order valence-electron chi connectivity index (χ0n) is 8.37. The van der Waals surface area contributed by atoms with Crippen molar-refractivity contribution in [2.45, 2.75) is 25.8 Å². The Morgan fingerprint density at radius 1 is 1.50 bits per heavy atom. The molecule has 0 saturated heterocycles. The van der Waals surface area contributed by atoms with Crippen molar-refractivity contribution in [3.63, 3.8) is 0 Å². The molecule has 3 heteroatoms. The fourth-order valence-electron chi connectivity index (χ4n) is 1.21. The topological polar surface area (TPSA) is 35.2 Å². The van der Waals surface area contributed by atoms with Gasteiger partial charge in [0, 0.05) is 11.1 Å². The smallest absolute Gasteiger partial charge is 0.120 e. The molecule has 1 unspecified atom stereocenters. The highest BCUT2D eigenvalue weighted by Gasteiger charge is 2.02. The Hall–Kier alpha value is -0.730. The van der Waals surface area contributed by atoms with Gasteiger partial charge in [-0.1, -0.05) is 31.0 Å². The molecule has 0 heterocycles. The zero-order valence-corrected chi connectivity index (χ0v) is 9.13. The normalized spacial score (nSPS) is 12.5. The molecular formula is C11H16ClNO. The van der Waals surface area contributed by atoms with E-state index in [-0.39, 0.29) is 6.04 Å². The molecule has 2 N–H and O–H groups in total. The van der Waals surface area contributed by atoms with Crippen LogP contribution in [0.3, 0.4) is 0 Å². The van der Waals surface area contributed by atoms with Crippen molar-refractivity contribution in [2.75, 3.05) is 6.61 Å². The van der Waals surface area contributed by atoms with Crippen LogP contribution < -0.4 is 10.5 Å². The molecule has 2 nitrogen and oxygen atoms in total. The van der Waals surface area contributed by atoms with Gasteiger partial charge < -0.3 is 10.5 Å². The second-order valence-corrected chi connectivity index (χ2v) is 3.75. The average Bonchev–Trinajstić information content (AvgIpc) is 2.15. The van der Waals surface area contributed by atoms with Gasteiger partial charge in [-0.15, -0.1) is 0 Å². The highest BCUT2D eigenvalue weighted by molar-refractivity contribution is 6.30. The number of halogens is 1. The Labute approximate surface area is 90.0 Å². The SMILES string of the molecule is CCCC(N)COc1cccc(Cl)c1. The Bertz CT molecular complexity index is 278. The molecule has 0 aliphatic heterocycles. The molecular weight excluding hydrogens is 198 g/mol. The predicted molar refractivity (Wildman–Crippen MR) is 59.8 cm³/mol. The molecule has 1 aromatic rings. The first-order chi connectivity index (χ1) is 6.72. The minimum atomic E-state index is 0.110. The third-order valence-corrected chi connectivity index (χ3v) is 2.15. The van der Waals surface area contributed by atoms with E-state index in [2.05, 4.69) is 6.92 Å². The number of rotatable bonds is 5. The molecule has 0 saturated carbocycles. The third kappa shape index (κ3) is 3.99. The third-order valence-electron chi connectivity index (χ3n) is 1.92. The lowest BCUT2D eigenvalue weighted by Crippen LogP contribution is -2.27. The molecule has 0 radical (unpaired) electrons. The summed E-state index contributed by atoms with van der Waals surface area (Å²) in [5, 5.41) is 0.687. The van der Waals surface area contributed by atoms with Crippen LogP contribution in [-0.4, -0.2) is 12.6 Å². The minimum absolute atomic E-state index is 0.110. The first-order valence-corrected chi connectivity index (χ1v) is 5.24. The van der Waals surface area contributed by atoms with E-state index in [0.717, 1.165) is 18.6 Å². The predicted octanol–water partition coefficient (Wildman–Crippen LogP) is 2.85. The monoisotopic (exact) mass is 213 g/mol. The summed E-state index contributed by atoms with van der Waals surface area (Å²) in [5.41, 5.74) is 5.81. The van der Waals surface area contributed by atoms with E-state index in [1.807, 2.05) is 18.2 Å². The van der Waals surface area contributed by atoms with Crippen LogP contribution in [0, 0.1) is 0 Å². The van der Waals surface area contributed by atoms with Crippen LogP contribution in [-0.2, 0) is 0 Å². The van der Waals surface area contributed by atoms with Crippen LogP contribution >= 0.6 is 11.6 Å². The van der Waals surface area contributed by atoms with Crippen LogP contribution in [0.5, 0.6) is 5.75 Å². The van der Waals surface area contributed by atoms with Gasteiger partial charge in [0.25, 0.3) is 0 Å². The summed E-state index contributed by atoms with van der Waals surface area (Å²) in [6.07, 6.45) is 2.07. The molecule has 1 aromatic carbocycles. The summed E-state index contributed by atoms with van der Waals surface area (Å²) >= 11 is 5.81. The summed E-state index contributed by atoms with van der Waals surface area (Å²) in [5.74, 6) is 0.782. The lowest BCUT2D eigenvalue weighted by molar-refractivity contribution is 0.281. The molecule has 0 spiro atoms. The van der Waals surface area contributed by atoms with Crippen LogP contribution in [0.15, 0.2) is 24.3 Å². The Kier molecular flexibility index (Phi) is 4.77. The summed E-state index contributed by atoms with van der Waals surface area (Å²) in [4.78, 5) is 0. The summed E-state index contributed by atoms with van der Waals surface area (Å²) in [7, 11) is 0. The largest absolute Gasteiger partial charge is 0.492 e. The maximum atomic E-state index is 5.81. The second-order valence-electron chi connectivity index (χ2n) is 3.32. The van der Waals surface area contributed by atoms with Gasteiger partial charge in [0.2, 0.25) is 0 Å². The van der Waals surface area contributed by atoms with Crippen molar-refractivity contribution in [3.8, 4) is 5.75 Å².